The number of hydrogen-bond donors (Lipinski definition) is 2. The Balaban J connectivity index is 1.03. The molecule has 8 heteroatoms. The van der Waals surface area contributed by atoms with E-state index in [0.717, 1.165) is 31.3 Å². The highest BCUT2D eigenvalue weighted by Gasteiger charge is 2.40. The average Bonchev–Trinajstić information content (AvgIpc) is 3.74. The molecule has 6 rings (SSSR count). The molecule has 0 bridgehead atoms. The average molecular weight is 538 g/mol. The number of nitrogens with one attached hydrogen (secondary N) is 2. The van der Waals surface area contributed by atoms with Crippen molar-refractivity contribution >= 4 is 5.91 Å². The van der Waals surface area contributed by atoms with Crippen molar-refractivity contribution in [1.29, 1.82) is 0 Å². The normalized spacial score (nSPS) is 17.4. The van der Waals surface area contributed by atoms with E-state index in [0.29, 0.717) is 24.1 Å². The molecule has 0 atom stereocenters. The number of benzene rings is 2. The minimum Gasteiger partial charge on any atom is -0.347 e. The van der Waals surface area contributed by atoms with Crippen molar-refractivity contribution in [2.45, 2.75) is 52.4 Å². The Morgan fingerprint density at radius 3 is 2.08 bits per heavy atom. The second kappa shape index (κ2) is 11.8. The van der Waals surface area contributed by atoms with Gasteiger partial charge < -0.3 is 14.9 Å². The van der Waals surface area contributed by atoms with Crippen LogP contribution in [0, 0.1) is 12.3 Å². The summed E-state index contributed by atoms with van der Waals surface area (Å²) < 4.78 is 0. The Morgan fingerprint density at radius 2 is 1.48 bits per heavy atom. The number of imidazole rings is 2. The molecule has 8 nitrogen and oxygen atoms in total. The quantitative estimate of drug-likeness (QED) is 0.321. The number of aromatic amines is 2. The van der Waals surface area contributed by atoms with E-state index in [1.165, 1.54) is 55.6 Å². The number of aryl methyl sites for hydroxylation is 1. The van der Waals surface area contributed by atoms with Crippen LogP contribution in [0.15, 0.2) is 73.3 Å². The van der Waals surface area contributed by atoms with E-state index >= 15 is 0 Å². The zero-order valence-corrected chi connectivity index (χ0v) is 23.4. The van der Waals surface area contributed by atoms with Crippen molar-refractivity contribution in [1.82, 2.24) is 34.6 Å². The van der Waals surface area contributed by atoms with Gasteiger partial charge in [-0.15, -0.1) is 0 Å². The van der Waals surface area contributed by atoms with Crippen LogP contribution >= 0.6 is 0 Å². The number of aromatic nitrogens is 4. The predicted molar refractivity (Wildman–Crippen MR) is 155 cm³/mol. The zero-order chi connectivity index (χ0) is 27.4. The maximum atomic E-state index is 13.4. The van der Waals surface area contributed by atoms with Crippen LogP contribution in [0.5, 0.6) is 0 Å². The molecule has 208 valence electrons. The first-order valence-electron chi connectivity index (χ1n) is 14.4. The molecule has 2 saturated heterocycles. The van der Waals surface area contributed by atoms with Crippen molar-refractivity contribution in [2.75, 3.05) is 26.2 Å². The molecule has 0 aliphatic carbocycles. The van der Waals surface area contributed by atoms with Gasteiger partial charge in [0.05, 0.1) is 13.1 Å². The van der Waals surface area contributed by atoms with Crippen LogP contribution in [0.4, 0.5) is 0 Å². The fourth-order valence-corrected chi connectivity index (χ4v) is 6.35. The number of amides is 1. The molecular weight excluding hydrogens is 498 g/mol. The maximum absolute atomic E-state index is 13.4. The Labute approximate surface area is 236 Å². The summed E-state index contributed by atoms with van der Waals surface area (Å²) in [5, 5.41) is 0. The van der Waals surface area contributed by atoms with Gasteiger partial charge in [-0.1, -0.05) is 42.0 Å². The second-order valence-corrected chi connectivity index (χ2v) is 11.7. The van der Waals surface area contributed by atoms with Crippen LogP contribution in [-0.2, 0) is 26.2 Å². The van der Waals surface area contributed by atoms with Crippen LogP contribution < -0.4 is 0 Å². The number of likely N-dealkylation sites (tertiary alicyclic amines) is 2. The molecular formula is C32H39N7O. The second-order valence-electron chi connectivity index (χ2n) is 11.7. The number of piperidine rings is 1. The highest BCUT2D eigenvalue weighted by Crippen LogP contribution is 2.41. The minimum atomic E-state index is -0.0306. The van der Waals surface area contributed by atoms with Gasteiger partial charge in [-0.3, -0.25) is 14.6 Å². The molecule has 2 aromatic heterocycles. The summed E-state index contributed by atoms with van der Waals surface area (Å²) in [7, 11) is 0. The van der Waals surface area contributed by atoms with Gasteiger partial charge in [-0.2, -0.15) is 0 Å². The third-order valence-electron chi connectivity index (χ3n) is 8.61. The number of rotatable bonds is 9. The Kier molecular flexibility index (Phi) is 7.80. The predicted octanol–water partition coefficient (Wildman–Crippen LogP) is 4.77. The molecule has 40 heavy (non-hydrogen) atoms. The lowest BCUT2D eigenvalue weighted by Gasteiger charge is -2.39. The van der Waals surface area contributed by atoms with Crippen LogP contribution in [0.3, 0.4) is 0 Å². The van der Waals surface area contributed by atoms with Crippen molar-refractivity contribution in [3.8, 4) is 0 Å². The highest BCUT2D eigenvalue weighted by atomic mass is 16.2. The maximum Gasteiger partial charge on any atom is 0.254 e. The van der Waals surface area contributed by atoms with E-state index in [1.54, 1.807) is 29.7 Å². The molecule has 0 unspecified atom stereocenters. The highest BCUT2D eigenvalue weighted by molar-refractivity contribution is 5.94. The SMILES string of the molecule is Cc1cccc(CN2CCC3(CC2)CCN(Cc2ccc(C(=O)N(Cc4ncc[nH]4)Cc4ncc[nH]4)cc2)C3)c1. The van der Waals surface area contributed by atoms with Crippen LogP contribution in [-0.4, -0.2) is 66.7 Å². The lowest BCUT2D eigenvalue weighted by Crippen LogP contribution is -2.41. The van der Waals surface area contributed by atoms with E-state index in [4.69, 9.17) is 0 Å². The summed E-state index contributed by atoms with van der Waals surface area (Å²) in [5.74, 6) is 1.47. The largest absolute Gasteiger partial charge is 0.347 e. The summed E-state index contributed by atoms with van der Waals surface area (Å²) >= 11 is 0. The lowest BCUT2D eigenvalue weighted by molar-refractivity contribution is 0.0721. The number of hydrogen-bond acceptors (Lipinski definition) is 5. The fraction of sp³-hybridized carbons (Fsp3) is 0.406. The van der Waals surface area contributed by atoms with E-state index < -0.39 is 0 Å². The van der Waals surface area contributed by atoms with Crippen molar-refractivity contribution in [3.63, 3.8) is 0 Å². The molecule has 2 aliphatic heterocycles. The molecule has 4 aromatic rings. The first-order chi connectivity index (χ1) is 19.5. The first kappa shape index (κ1) is 26.5. The third kappa shape index (κ3) is 6.35. The fourth-order valence-electron chi connectivity index (χ4n) is 6.35. The minimum absolute atomic E-state index is 0.0306. The van der Waals surface area contributed by atoms with E-state index in [1.807, 2.05) is 12.1 Å². The molecule has 0 radical (unpaired) electrons. The number of H-pyrrole nitrogens is 2. The lowest BCUT2D eigenvalue weighted by atomic mass is 9.77. The van der Waals surface area contributed by atoms with Crippen molar-refractivity contribution < 1.29 is 4.79 Å². The molecule has 2 aliphatic rings. The van der Waals surface area contributed by atoms with Crippen molar-refractivity contribution in [3.05, 3.63) is 107 Å². The Morgan fingerprint density at radius 1 is 0.850 bits per heavy atom. The molecule has 2 fully saturated rings. The van der Waals surface area contributed by atoms with Crippen molar-refractivity contribution in [2.24, 2.45) is 5.41 Å². The topological polar surface area (TPSA) is 84.2 Å². The van der Waals surface area contributed by atoms with Gasteiger partial charge >= 0.3 is 0 Å². The molecule has 1 amide bonds. The summed E-state index contributed by atoms with van der Waals surface area (Å²) in [6.07, 6.45) is 10.8. The van der Waals surface area contributed by atoms with Gasteiger partial charge in [-0.25, -0.2) is 9.97 Å². The Bertz CT molecular complexity index is 1340. The number of nitrogens with zero attached hydrogens (tertiary/aromatic N) is 5. The molecule has 2 aromatic carbocycles. The smallest absolute Gasteiger partial charge is 0.254 e. The summed E-state index contributed by atoms with van der Waals surface area (Å²) in [6, 6.07) is 17.1. The standard InChI is InChI=1S/C32H39N7O/c1-25-3-2-4-27(19-25)21-37-16-9-32(10-17-37)11-18-38(24-32)20-26-5-7-28(8-6-26)31(40)39(22-29-33-12-13-34-29)23-30-35-14-15-36-30/h2-8,12-15,19H,9-11,16-18,20-24H2,1H3,(H,33,34)(H,35,36). The third-order valence-corrected chi connectivity index (χ3v) is 8.61. The summed E-state index contributed by atoms with van der Waals surface area (Å²) in [4.78, 5) is 35.2. The summed E-state index contributed by atoms with van der Waals surface area (Å²) in [5.41, 5.74) is 5.16. The van der Waals surface area contributed by atoms with Gasteiger partial charge in [-0.05, 0) is 74.5 Å². The Hall–Kier alpha value is -3.75. The molecule has 4 heterocycles. The van der Waals surface area contributed by atoms with Crippen LogP contribution in [0.1, 0.15) is 58.0 Å². The first-order valence-corrected chi connectivity index (χ1v) is 14.4. The van der Waals surface area contributed by atoms with Gasteiger partial charge in [0, 0.05) is 50.0 Å². The number of carbonyl (C=O) groups is 1. The summed E-state index contributed by atoms with van der Waals surface area (Å²) in [6.45, 7) is 9.66. The van der Waals surface area contributed by atoms with E-state index in [-0.39, 0.29) is 5.91 Å². The van der Waals surface area contributed by atoms with Crippen LogP contribution in [0.2, 0.25) is 0 Å². The van der Waals surface area contributed by atoms with Gasteiger partial charge in [0.15, 0.2) is 0 Å². The van der Waals surface area contributed by atoms with E-state index in [2.05, 4.69) is 73.1 Å². The van der Waals surface area contributed by atoms with Gasteiger partial charge in [0.1, 0.15) is 11.6 Å². The zero-order valence-electron chi connectivity index (χ0n) is 23.4. The monoisotopic (exact) mass is 537 g/mol. The molecule has 2 N–H and O–H groups in total. The van der Waals surface area contributed by atoms with E-state index in [9.17, 15) is 4.79 Å². The van der Waals surface area contributed by atoms with Gasteiger partial charge in [0.2, 0.25) is 0 Å². The molecule has 1 spiro atoms. The number of carbonyl (C=O) groups excluding carboxylic acids is 1. The molecule has 0 saturated carbocycles. The van der Waals surface area contributed by atoms with Crippen LogP contribution in [0.25, 0.3) is 0 Å². The van der Waals surface area contributed by atoms with Gasteiger partial charge in [0.25, 0.3) is 5.91 Å².